The summed E-state index contributed by atoms with van der Waals surface area (Å²) in [5, 5.41) is 5.31. The van der Waals surface area contributed by atoms with E-state index in [0.29, 0.717) is 49.0 Å². The number of urea groups is 1. The Morgan fingerprint density at radius 3 is 2.65 bits per heavy atom. The van der Waals surface area contributed by atoms with Gasteiger partial charge in [0.05, 0.1) is 12.1 Å². The molecule has 1 aliphatic rings. The van der Waals surface area contributed by atoms with E-state index in [1.54, 1.807) is 21.9 Å². The molecule has 0 atom stereocenters. The Kier molecular flexibility index (Phi) is 5.82. The molecular weight excluding hydrogens is 355 g/mol. The van der Waals surface area contributed by atoms with Crippen molar-refractivity contribution in [2.45, 2.75) is 13.3 Å². The molecular formula is C18H21FN4O2S. The van der Waals surface area contributed by atoms with E-state index >= 15 is 0 Å². The van der Waals surface area contributed by atoms with Crippen LogP contribution in [0, 0.1) is 5.82 Å². The largest absolute Gasteiger partial charge is 0.339 e. The fourth-order valence-electron chi connectivity index (χ4n) is 2.83. The fourth-order valence-corrected chi connectivity index (χ4v) is 3.65. The Labute approximate surface area is 155 Å². The standard InChI is InChI=1S/C18H21FN4O2S/c1-2-20-18(25)23-8-6-22(7-9-23)16(24)11-15-12-26-17(21-15)13-4-3-5-14(19)10-13/h3-5,10,12H,2,6-9,11H2,1H3,(H,20,25). The molecule has 1 saturated heterocycles. The molecule has 0 bridgehead atoms. The van der Waals surface area contributed by atoms with Crippen molar-refractivity contribution < 1.29 is 14.0 Å². The molecule has 0 unspecified atom stereocenters. The number of nitrogens with one attached hydrogen (secondary N) is 1. The van der Waals surface area contributed by atoms with Gasteiger partial charge in [-0.3, -0.25) is 4.79 Å². The Morgan fingerprint density at radius 2 is 1.96 bits per heavy atom. The van der Waals surface area contributed by atoms with Gasteiger partial charge in [0.15, 0.2) is 0 Å². The lowest BCUT2D eigenvalue weighted by atomic mass is 10.2. The molecule has 26 heavy (non-hydrogen) atoms. The Balaban J connectivity index is 1.55. The number of benzene rings is 1. The van der Waals surface area contributed by atoms with Crippen molar-refractivity contribution in [1.82, 2.24) is 20.1 Å². The van der Waals surface area contributed by atoms with Gasteiger partial charge >= 0.3 is 6.03 Å². The predicted molar refractivity (Wildman–Crippen MR) is 98.4 cm³/mol. The van der Waals surface area contributed by atoms with Gasteiger partial charge in [-0.2, -0.15) is 0 Å². The third kappa shape index (κ3) is 4.37. The molecule has 2 heterocycles. The maximum atomic E-state index is 13.3. The Morgan fingerprint density at radius 1 is 1.23 bits per heavy atom. The summed E-state index contributed by atoms with van der Waals surface area (Å²) in [6.07, 6.45) is 0.215. The van der Waals surface area contributed by atoms with Crippen LogP contribution in [0.3, 0.4) is 0 Å². The smallest absolute Gasteiger partial charge is 0.317 e. The number of thiazole rings is 1. The maximum Gasteiger partial charge on any atom is 0.317 e. The van der Waals surface area contributed by atoms with Crippen molar-refractivity contribution in [2.24, 2.45) is 0 Å². The number of nitrogens with zero attached hydrogens (tertiary/aromatic N) is 3. The molecule has 1 aliphatic heterocycles. The molecule has 3 rings (SSSR count). The molecule has 2 aromatic rings. The number of aromatic nitrogens is 1. The summed E-state index contributed by atoms with van der Waals surface area (Å²) < 4.78 is 13.3. The summed E-state index contributed by atoms with van der Waals surface area (Å²) in [7, 11) is 0. The van der Waals surface area contributed by atoms with Crippen molar-refractivity contribution in [1.29, 1.82) is 0 Å². The molecule has 0 aliphatic carbocycles. The van der Waals surface area contributed by atoms with Crippen LogP contribution in [0.2, 0.25) is 0 Å². The van der Waals surface area contributed by atoms with E-state index in [0.717, 1.165) is 0 Å². The van der Waals surface area contributed by atoms with E-state index in [1.807, 2.05) is 12.3 Å². The van der Waals surface area contributed by atoms with Gasteiger partial charge in [-0.15, -0.1) is 11.3 Å². The van der Waals surface area contributed by atoms with Crippen LogP contribution in [-0.4, -0.2) is 59.4 Å². The van der Waals surface area contributed by atoms with Crippen molar-refractivity contribution in [3.05, 3.63) is 41.2 Å². The summed E-state index contributed by atoms with van der Waals surface area (Å²) in [6, 6.07) is 6.19. The van der Waals surface area contributed by atoms with Crippen LogP contribution in [0.5, 0.6) is 0 Å². The van der Waals surface area contributed by atoms with Crippen LogP contribution in [0.15, 0.2) is 29.6 Å². The summed E-state index contributed by atoms with van der Waals surface area (Å²) in [5.74, 6) is -0.308. The lowest BCUT2D eigenvalue weighted by molar-refractivity contribution is -0.131. The number of rotatable bonds is 4. The normalized spacial score (nSPS) is 14.4. The highest BCUT2D eigenvalue weighted by Crippen LogP contribution is 2.24. The minimum atomic E-state index is -0.305. The number of hydrogen-bond acceptors (Lipinski definition) is 4. The molecule has 1 aromatic carbocycles. The van der Waals surface area contributed by atoms with E-state index < -0.39 is 0 Å². The SMILES string of the molecule is CCNC(=O)N1CCN(C(=O)Cc2csc(-c3cccc(F)c3)n2)CC1. The zero-order chi connectivity index (χ0) is 18.5. The number of carbonyl (C=O) groups excluding carboxylic acids is 2. The van der Waals surface area contributed by atoms with Crippen LogP contribution < -0.4 is 5.32 Å². The van der Waals surface area contributed by atoms with E-state index in [9.17, 15) is 14.0 Å². The van der Waals surface area contributed by atoms with Gasteiger partial charge in [0.25, 0.3) is 0 Å². The zero-order valence-electron chi connectivity index (χ0n) is 14.6. The van der Waals surface area contributed by atoms with Gasteiger partial charge in [-0.05, 0) is 19.1 Å². The lowest BCUT2D eigenvalue weighted by Crippen LogP contribution is -2.53. The third-order valence-electron chi connectivity index (χ3n) is 4.20. The predicted octanol–water partition coefficient (Wildman–Crippen LogP) is 2.37. The monoisotopic (exact) mass is 376 g/mol. The molecule has 1 N–H and O–H groups in total. The highest BCUT2D eigenvalue weighted by atomic mass is 32.1. The number of carbonyl (C=O) groups is 2. The molecule has 1 fully saturated rings. The van der Waals surface area contributed by atoms with E-state index in [4.69, 9.17) is 0 Å². The van der Waals surface area contributed by atoms with Gasteiger partial charge in [0.2, 0.25) is 5.91 Å². The minimum absolute atomic E-state index is 0.00311. The zero-order valence-corrected chi connectivity index (χ0v) is 15.4. The second-order valence-electron chi connectivity index (χ2n) is 6.03. The van der Waals surface area contributed by atoms with Gasteiger partial charge in [-0.25, -0.2) is 14.2 Å². The number of piperazine rings is 1. The fraction of sp³-hybridized carbons (Fsp3) is 0.389. The van der Waals surface area contributed by atoms with Crippen LogP contribution in [0.4, 0.5) is 9.18 Å². The first-order chi connectivity index (χ1) is 12.6. The lowest BCUT2D eigenvalue weighted by Gasteiger charge is -2.34. The first kappa shape index (κ1) is 18.3. The molecule has 1 aromatic heterocycles. The summed E-state index contributed by atoms with van der Waals surface area (Å²) in [5.41, 5.74) is 1.40. The second kappa shape index (κ2) is 8.27. The van der Waals surface area contributed by atoms with E-state index in [-0.39, 0.29) is 24.2 Å². The second-order valence-corrected chi connectivity index (χ2v) is 6.89. The van der Waals surface area contributed by atoms with Crippen molar-refractivity contribution in [3.8, 4) is 10.6 Å². The quantitative estimate of drug-likeness (QED) is 0.891. The first-order valence-electron chi connectivity index (χ1n) is 8.57. The van der Waals surface area contributed by atoms with Crippen molar-refractivity contribution in [3.63, 3.8) is 0 Å². The minimum Gasteiger partial charge on any atom is -0.339 e. The molecule has 0 radical (unpaired) electrons. The molecule has 8 heteroatoms. The summed E-state index contributed by atoms with van der Waals surface area (Å²) >= 11 is 1.40. The van der Waals surface area contributed by atoms with Gasteiger partial charge < -0.3 is 15.1 Å². The molecule has 138 valence electrons. The molecule has 3 amide bonds. The van der Waals surface area contributed by atoms with Crippen molar-refractivity contribution >= 4 is 23.3 Å². The maximum absolute atomic E-state index is 13.3. The number of hydrogen-bond donors (Lipinski definition) is 1. The number of halogens is 1. The number of amides is 3. The Hall–Kier alpha value is -2.48. The van der Waals surface area contributed by atoms with Gasteiger partial charge in [0.1, 0.15) is 10.8 Å². The third-order valence-corrected chi connectivity index (χ3v) is 5.14. The highest BCUT2D eigenvalue weighted by Gasteiger charge is 2.24. The van der Waals surface area contributed by atoms with E-state index in [2.05, 4.69) is 10.3 Å². The molecule has 0 saturated carbocycles. The average Bonchev–Trinajstić information content (AvgIpc) is 3.10. The molecule has 0 spiro atoms. The van der Waals surface area contributed by atoms with E-state index in [1.165, 1.54) is 23.5 Å². The first-order valence-corrected chi connectivity index (χ1v) is 9.45. The van der Waals surface area contributed by atoms with Gasteiger partial charge in [0, 0.05) is 43.7 Å². The van der Waals surface area contributed by atoms with Crippen LogP contribution in [0.1, 0.15) is 12.6 Å². The average molecular weight is 376 g/mol. The topological polar surface area (TPSA) is 65.5 Å². The Bertz CT molecular complexity index is 787. The summed E-state index contributed by atoms with van der Waals surface area (Å²) in [6.45, 7) is 4.58. The van der Waals surface area contributed by atoms with Crippen LogP contribution >= 0.6 is 11.3 Å². The van der Waals surface area contributed by atoms with Crippen molar-refractivity contribution in [2.75, 3.05) is 32.7 Å². The van der Waals surface area contributed by atoms with Crippen LogP contribution in [-0.2, 0) is 11.2 Å². The van der Waals surface area contributed by atoms with Crippen LogP contribution in [0.25, 0.3) is 10.6 Å². The molecule has 6 nitrogen and oxygen atoms in total. The van der Waals surface area contributed by atoms with Gasteiger partial charge in [-0.1, -0.05) is 12.1 Å². The summed E-state index contributed by atoms with van der Waals surface area (Å²) in [4.78, 5) is 32.2. The highest BCUT2D eigenvalue weighted by molar-refractivity contribution is 7.13.